The van der Waals surface area contributed by atoms with Crippen LogP contribution in [0.4, 0.5) is 0 Å². The zero-order valence-corrected chi connectivity index (χ0v) is 13.4. The normalized spacial score (nSPS) is 20.5. The Balaban J connectivity index is 1.76. The Morgan fingerprint density at radius 1 is 0.818 bits per heavy atom. The number of benzene rings is 2. The molecule has 3 nitrogen and oxygen atoms in total. The van der Waals surface area contributed by atoms with Gasteiger partial charge in [0.1, 0.15) is 0 Å². The molecule has 1 atom stereocenters. The number of sulfonamides is 1. The lowest BCUT2D eigenvalue weighted by molar-refractivity contribution is 0.421. The molecule has 0 aliphatic carbocycles. The summed E-state index contributed by atoms with van der Waals surface area (Å²) in [5.74, 6) is 0.456. The van der Waals surface area contributed by atoms with Gasteiger partial charge >= 0.3 is 0 Å². The van der Waals surface area contributed by atoms with Crippen LogP contribution >= 0.6 is 0 Å². The minimum Gasteiger partial charge on any atom is -0.207 e. The minimum atomic E-state index is -3.36. The van der Waals surface area contributed by atoms with Crippen LogP contribution in [0.2, 0.25) is 0 Å². The minimum absolute atomic E-state index is 0.396. The highest BCUT2D eigenvalue weighted by Gasteiger charge is 2.27. The highest BCUT2D eigenvalue weighted by molar-refractivity contribution is 7.89. The van der Waals surface area contributed by atoms with E-state index in [1.165, 1.54) is 5.56 Å². The summed E-state index contributed by atoms with van der Waals surface area (Å²) in [4.78, 5) is 0.396. The molecule has 1 fully saturated rings. The van der Waals surface area contributed by atoms with Gasteiger partial charge in [-0.05, 0) is 42.9 Å². The summed E-state index contributed by atoms with van der Waals surface area (Å²) >= 11 is 0. The molecule has 0 unspecified atom stereocenters. The van der Waals surface area contributed by atoms with Crippen LogP contribution in [0.1, 0.15) is 30.7 Å². The molecule has 0 amide bonds. The average molecular weight is 315 g/mol. The molecule has 1 heterocycles. The van der Waals surface area contributed by atoms with Crippen molar-refractivity contribution in [2.24, 2.45) is 0 Å². The zero-order valence-electron chi connectivity index (χ0n) is 12.6. The third kappa shape index (κ3) is 3.23. The number of hydrogen-bond acceptors (Lipinski definition) is 2. The molecule has 3 rings (SSSR count). The summed E-state index contributed by atoms with van der Waals surface area (Å²) in [5.41, 5.74) is 1.32. The first-order valence-corrected chi connectivity index (χ1v) is 9.22. The summed E-state index contributed by atoms with van der Waals surface area (Å²) < 4.78 is 27.1. The molecule has 0 N–H and O–H groups in total. The topological polar surface area (TPSA) is 37.4 Å². The van der Waals surface area contributed by atoms with Gasteiger partial charge in [-0.1, -0.05) is 48.5 Å². The first kappa shape index (κ1) is 15.3. The summed E-state index contributed by atoms with van der Waals surface area (Å²) in [6, 6.07) is 19.2. The smallest absolute Gasteiger partial charge is 0.207 e. The first-order chi connectivity index (χ1) is 10.7. The lowest BCUT2D eigenvalue weighted by Gasteiger charge is -2.20. The Kier molecular flexibility index (Phi) is 4.60. The van der Waals surface area contributed by atoms with Gasteiger partial charge in [0.05, 0.1) is 4.90 Å². The lowest BCUT2D eigenvalue weighted by atomic mass is 9.92. The van der Waals surface area contributed by atoms with Gasteiger partial charge in [0.2, 0.25) is 10.0 Å². The van der Waals surface area contributed by atoms with Crippen molar-refractivity contribution in [1.29, 1.82) is 0 Å². The third-order valence-electron chi connectivity index (χ3n) is 4.34. The Bertz CT molecular complexity index is 698. The van der Waals surface area contributed by atoms with Crippen LogP contribution in [0, 0.1) is 0 Å². The van der Waals surface area contributed by atoms with Crippen LogP contribution in [0.3, 0.4) is 0 Å². The third-order valence-corrected chi connectivity index (χ3v) is 6.25. The summed E-state index contributed by atoms with van der Waals surface area (Å²) in [6.45, 7) is 1.21. The molecule has 0 saturated carbocycles. The Morgan fingerprint density at radius 3 is 2.14 bits per heavy atom. The molecule has 1 saturated heterocycles. The van der Waals surface area contributed by atoms with Gasteiger partial charge in [-0.15, -0.1) is 0 Å². The van der Waals surface area contributed by atoms with E-state index in [0.29, 0.717) is 23.9 Å². The quantitative estimate of drug-likeness (QED) is 0.867. The van der Waals surface area contributed by atoms with E-state index >= 15 is 0 Å². The maximum atomic E-state index is 12.7. The predicted octanol–water partition coefficient (Wildman–Crippen LogP) is 3.65. The fourth-order valence-corrected chi connectivity index (χ4v) is 4.62. The van der Waals surface area contributed by atoms with E-state index in [-0.39, 0.29) is 0 Å². The van der Waals surface area contributed by atoms with Gasteiger partial charge in [0.15, 0.2) is 0 Å². The van der Waals surface area contributed by atoms with Crippen LogP contribution in [-0.2, 0) is 10.0 Å². The van der Waals surface area contributed by atoms with Gasteiger partial charge < -0.3 is 0 Å². The summed E-state index contributed by atoms with van der Waals surface area (Å²) in [6.07, 6.45) is 2.84. The monoisotopic (exact) mass is 315 g/mol. The van der Waals surface area contributed by atoms with Gasteiger partial charge in [0.25, 0.3) is 0 Å². The summed E-state index contributed by atoms with van der Waals surface area (Å²) in [7, 11) is -3.36. The van der Waals surface area contributed by atoms with Crippen LogP contribution < -0.4 is 0 Å². The largest absolute Gasteiger partial charge is 0.243 e. The maximum Gasteiger partial charge on any atom is 0.243 e. The molecule has 0 radical (unpaired) electrons. The van der Waals surface area contributed by atoms with Crippen molar-refractivity contribution < 1.29 is 8.42 Å². The number of rotatable bonds is 3. The molecule has 1 aliphatic rings. The predicted molar refractivity (Wildman–Crippen MR) is 88.2 cm³/mol. The second kappa shape index (κ2) is 6.63. The molecule has 2 aromatic carbocycles. The second-order valence-corrected chi connectivity index (χ2v) is 7.69. The van der Waals surface area contributed by atoms with E-state index in [0.717, 1.165) is 19.3 Å². The van der Waals surface area contributed by atoms with Crippen molar-refractivity contribution in [2.75, 3.05) is 13.1 Å². The molecule has 22 heavy (non-hydrogen) atoms. The van der Waals surface area contributed by atoms with Crippen LogP contribution in [0.5, 0.6) is 0 Å². The van der Waals surface area contributed by atoms with Crippen molar-refractivity contribution >= 4 is 10.0 Å². The van der Waals surface area contributed by atoms with E-state index in [1.807, 2.05) is 12.1 Å². The van der Waals surface area contributed by atoms with Gasteiger partial charge in [-0.3, -0.25) is 0 Å². The zero-order chi connectivity index (χ0) is 15.4. The molecule has 0 spiro atoms. The van der Waals surface area contributed by atoms with Gasteiger partial charge in [0, 0.05) is 13.1 Å². The van der Waals surface area contributed by atoms with Crippen LogP contribution in [-0.4, -0.2) is 25.8 Å². The fourth-order valence-electron chi connectivity index (χ4n) is 3.11. The standard InChI is InChI=1S/C18H21NO2S/c20-22(21,18-11-5-2-6-12-18)19-14-7-10-17(13-15-19)16-8-3-1-4-9-16/h1-6,8-9,11-12,17H,7,10,13-15H2/t17-/m0/s1. The Hall–Kier alpha value is -1.65. The van der Waals surface area contributed by atoms with Crippen molar-refractivity contribution in [3.63, 3.8) is 0 Å². The molecular weight excluding hydrogens is 294 g/mol. The number of nitrogens with zero attached hydrogens (tertiary/aromatic N) is 1. The van der Waals surface area contributed by atoms with Crippen molar-refractivity contribution in [3.05, 3.63) is 66.2 Å². The van der Waals surface area contributed by atoms with Gasteiger partial charge in [-0.25, -0.2) is 8.42 Å². The summed E-state index contributed by atoms with van der Waals surface area (Å²) in [5, 5.41) is 0. The van der Waals surface area contributed by atoms with Crippen molar-refractivity contribution in [3.8, 4) is 0 Å². The van der Waals surface area contributed by atoms with E-state index in [4.69, 9.17) is 0 Å². The van der Waals surface area contributed by atoms with E-state index in [2.05, 4.69) is 24.3 Å². The maximum absolute atomic E-state index is 12.7. The highest BCUT2D eigenvalue weighted by atomic mass is 32.2. The van der Waals surface area contributed by atoms with E-state index < -0.39 is 10.0 Å². The highest BCUT2D eigenvalue weighted by Crippen LogP contribution is 2.29. The van der Waals surface area contributed by atoms with Crippen molar-refractivity contribution in [2.45, 2.75) is 30.1 Å². The van der Waals surface area contributed by atoms with Crippen LogP contribution in [0.25, 0.3) is 0 Å². The SMILES string of the molecule is O=S(=O)(c1ccccc1)N1CCC[C@H](c2ccccc2)CC1. The van der Waals surface area contributed by atoms with E-state index in [9.17, 15) is 8.42 Å². The van der Waals surface area contributed by atoms with Crippen LogP contribution in [0.15, 0.2) is 65.6 Å². The van der Waals surface area contributed by atoms with Crippen molar-refractivity contribution in [1.82, 2.24) is 4.31 Å². The Labute approximate surface area is 132 Å². The molecule has 4 heteroatoms. The molecule has 0 bridgehead atoms. The fraction of sp³-hybridized carbons (Fsp3) is 0.333. The second-order valence-electron chi connectivity index (χ2n) is 5.76. The average Bonchev–Trinajstić information content (AvgIpc) is 2.83. The van der Waals surface area contributed by atoms with E-state index in [1.54, 1.807) is 28.6 Å². The molecule has 0 aromatic heterocycles. The molecular formula is C18H21NO2S. The number of hydrogen-bond donors (Lipinski definition) is 0. The molecule has 2 aromatic rings. The lowest BCUT2D eigenvalue weighted by Crippen LogP contribution is -2.32. The first-order valence-electron chi connectivity index (χ1n) is 7.78. The van der Waals surface area contributed by atoms with Gasteiger partial charge in [-0.2, -0.15) is 4.31 Å². The molecule has 1 aliphatic heterocycles. The Morgan fingerprint density at radius 2 is 1.45 bits per heavy atom. The molecule has 116 valence electrons.